The fourth-order valence-corrected chi connectivity index (χ4v) is 4.10. The van der Waals surface area contributed by atoms with Crippen LogP contribution in [0.4, 0.5) is 5.69 Å². The molecule has 1 N–H and O–H groups in total. The molecule has 1 aromatic rings. The minimum absolute atomic E-state index is 0.0499. The smallest absolute Gasteiger partial charge is 0.335 e. The topological polar surface area (TPSA) is 57.6 Å². The maximum atomic E-state index is 12.0. The molecule has 2 rings (SSSR count). The van der Waals surface area contributed by atoms with Gasteiger partial charge in [-0.3, -0.25) is 4.79 Å². The Bertz CT molecular complexity index is 524. The van der Waals surface area contributed by atoms with Crippen molar-refractivity contribution in [2.75, 3.05) is 16.8 Å². The van der Waals surface area contributed by atoms with Gasteiger partial charge in [-0.05, 0) is 49.9 Å². The largest absolute Gasteiger partial charge is 0.478 e. The van der Waals surface area contributed by atoms with E-state index >= 15 is 0 Å². The monoisotopic (exact) mass is 453 g/mol. The van der Waals surface area contributed by atoms with E-state index in [1.54, 1.807) is 4.90 Å². The van der Waals surface area contributed by atoms with Crippen LogP contribution in [0.2, 0.25) is 0 Å². The van der Waals surface area contributed by atoms with Crippen molar-refractivity contribution in [3.8, 4) is 0 Å². The van der Waals surface area contributed by atoms with E-state index in [1.165, 1.54) is 12.1 Å². The first-order chi connectivity index (χ1) is 8.93. The van der Waals surface area contributed by atoms with E-state index in [1.807, 2.05) is 0 Å². The molecular formula is C12H10Br3NO3. The number of nitrogens with zero attached hydrogens (tertiary/aromatic N) is 1. The zero-order valence-electron chi connectivity index (χ0n) is 9.70. The summed E-state index contributed by atoms with van der Waals surface area (Å²) in [4.78, 5) is 24.7. The van der Waals surface area contributed by atoms with Crippen molar-refractivity contribution in [3.63, 3.8) is 0 Å². The number of aromatic carboxylic acids is 1. The van der Waals surface area contributed by atoms with Crippen molar-refractivity contribution in [3.05, 3.63) is 26.6 Å². The van der Waals surface area contributed by atoms with Crippen LogP contribution in [0.5, 0.6) is 0 Å². The van der Waals surface area contributed by atoms with Crippen molar-refractivity contribution in [2.24, 2.45) is 5.92 Å². The lowest BCUT2D eigenvalue weighted by Crippen LogP contribution is -2.25. The van der Waals surface area contributed by atoms with Crippen LogP contribution in [0.3, 0.4) is 0 Å². The third-order valence-electron chi connectivity index (χ3n) is 2.96. The molecule has 19 heavy (non-hydrogen) atoms. The minimum atomic E-state index is -1.00. The molecule has 1 unspecified atom stereocenters. The first-order valence-corrected chi connectivity index (χ1v) is 8.23. The second-order valence-electron chi connectivity index (χ2n) is 4.32. The highest BCUT2D eigenvalue weighted by atomic mass is 79.9. The zero-order valence-corrected chi connectivity index (χ0v) is 14.5. The molecule has 0 aliphatic carbocycles. The van der Waals surface area contributed by atoms with Gasteiger partial charge in [0.25, 0.3) is 0 Å². The summed E-state index contributed by atoms with van der Waals surface area (Å²) in [7, 11) is 0. The number of halogens is 3. The Morgan fingerprint density at radius 2 is 1.95 bits per heavy atom. The molecule has 1 heterocycles. The van der Waals surface area contributed by atoms with Gasteiger partial charge in [0.1, 0.15) is 0 Å². The van der Waals surface area contributed by atoms with Crippen molar-refractivity contribution < 1.29 is 14.7 Å². The molecule has 1 fully saturated rings. The normalized spacial score (nSPS) is 19.0. The van der Waals surface area contributed by atoms with Gasteiger partial charge in [-0.15, -0.1) is 0 Å². The summed E-state index contributed by atoms with van der Waals surface area (Å²) >= 11 is 10.1. The molecule has 0 saturated carbocycles. The van der Waals surface area contributed by atoms with Gasteiger partial charge in [-0.25, -0.2) is 4.79 Å². The number of anilines is 1. The van der Waals surface area contributed by atoms with Gasteiger partial charge in [-0.1, -0.05) is 15.9 Å². The SMILES string of the molecule is O=C(O)c1cc(Br)c(N2CC(CBr)CC2=O)c(Br)c1. The predicted octanol–water partition coefficient (Wildman–Crippen LogP) is 3.66. The highest BCUT2D eigenvalue weighted by Gasteiger charge is 2.32. The van der Waals surface area contributed by atoms with Crippen LogP contribution in [0.1, 0.15) is 16.8 Å². The van der Waals surface area contributed by atoms with Crippen LogP contribution >= 0.6 is 47.8 Å². The van der Waals surface area contributed by atoms with Gasteiger partial charge in [0.2, 0.25) is 5.91 Å². The molecule has 1 aliphatic rings. The Kier molecular flexibility index (Phi) is 4.68. The van der Waals surface area contributed by atoms with Crippen molar-refractivity contribution in [1.29, 1.82) is 0 Å². The first-order valence-electron chi connectivity index (χ1n) is 5.52. The lowest BCUT2D eigenvalue weighted by atomic mass is 10.1. The van der Waals surface area contributed by atoms with Gasteiger partial charge in [-0.2, -0.15) is 0 Å². The number of alkyl halides is 1. The number of rotatable bonds is 3. The predicted molar refractivity (Wildman–Crippen MR) is 83.1 cm³/mol. The summed E-state index contributed by atoms with van der Waals surface area (Å²) in [5.41, 5.74) is 0.865. The zero-order chi connectivity index (χ0) is 14.2. The van der Waals surface area contributed by atoms with Gasteiger partial charge in [0, 0.05) is 27.2 Å². The molecule has 1 saturated heterocycles. The highest BCUT2D eigenvalue weighted by Crippen LogP contribution is 2.38. The molecule has 1 atom stereocenters. The van der Waals surface area contributed by atoms with E-state index in [2.05, 4.69) is 47.8 Å². The summed E-state index contributed by atoms with van der Waals surface area (Å²) < 4.78 is 1.20. The molecule has 1 aromatic carbocycles. The Morgan fingerprint density at radius 1 is 1.37 bits per heavy atom. The molecule has 0 spiro atoms. The van der Waals surface area contributed by atoms with E-state index in [0.717, 1.165) is 5.33 Å². The first kappa shape index (κ1) is 15.0. The Morgan fingerprint density at radius 3 is 2.37 bits per heavy atom. The number of carbonyl (C=O) groups is 2. The quantitative estimate of drug-likeness (QED) is 0.708. The van der Waals surface area contributed by atoms with Crippen LogP contribution in [-0.2, 0) is 4.79 Å². The van der Waals surface area contributed by atoms with Gasteiger partial charge in [0.05, 0.1) is 11.3 Å². The van der Waals surface area contributed by atoms with Crippen molar-refractivity contribution in [1.82, 2.24) is 0 Å². The lowest BCUT2D eigenvalue weighted by Gasteiger charge is -2.20. The maximum absolute atomic E-state index is 12.0. The van der Waals surface area contributed by atoms with Crippen molar-refractivity contribution in [2.45, 2.75) is 6.42 Å². The summed E-state index contributed by atoms with van der Waals surface area (Å²) in [5.74, 6) is -0.668. The van der Waals surface area contributed by atoms with Crippen LogP contribution in [0, 0.1) is 5.92 Å². The molecule has 0 bridgehead atoms. The number of amides is 1. The lowest BCUT2D eigenvalue weighted by molar-refractivity contribution is -0.117. The third-order valence-corrected chi connectivity index (χ3v) is 5.08. The average Bonchev–Trinajstić information content (AvgIpc) is 2.70. The second kappa shape index (κ2) is 5.93. The van der Waals surface area contributed by atoms with E-state index < -0.39 is 5.97 Å². The summed E-state index contributed by atoms with van der Waals surface area (Å²) in [6.07, 6.45) is 0.505. The standard InChI is InChI=1S/C12H10Br3NO3/c13-4-6-1-10(17)16(5-6)11-8(14)2-7(12(18)19)3-9(11)15/h2-3,6H,1,4-5H2,(H,18,19). The number of carboxylic acid groups (broad SMARTS) is 1. The van der Waals surface area contributed by atoms with Crippen LogP contribution in [0.25, 0.3) is 0 Å². The Labute approximate surface area is 135 Å². The van der Waals surface area contributed by atoms with Crippen LogP contribution in [-0.4, -0.2) is 28.9 Å². The van der Waals surface area contributed by atoms with Gasteiger partial charge >= 0.3 is 5.97 Å². The summed E-state index contributed by atoms with van der Waals surface area (Å²) in [6.45, 7) is 0.633. The number of benzene rings is 1. The van der Waals surface area contributed by atoms with Gasteiger partial charge in [0.15, 0.2) is 0 Å². The highest BCUT2D eigenvalue weighted by molar-refractivity contribution is 9.11. The molecule has 102 valence electrons. The van der Waals surface area contributed by atoms with Gasteiger partial charge < -0.3 is 10.0 Å². The fourth-order valence-electron chi connectivity index (χ4n) is 2.05. The maximum Gasteiger partial charge on any atom is 0.335 e. The molecule has 7 heteroatoms. The Hall–Kier alpha value is -0.400. The Balaban J connectivity index is 2.41. The van der Waals surface area contributed by atoms with E-state index in [4.69, 9.17) is 5.11 Å². The number of hydrogen-bond acceptors (Lipinski definition) is 2. The summed E-state index contributed by atoms with van der Waals surface area (Å²) in [6, 6.07) is 3.02. The van der Waals surface area contributed by atoms with E-state index in [9.17, 15) is 9.59 Å². The summed E-state index contributed by atoms with van der Waals surface area (Å²) in [5, 5.41) is 9.77. The van der Waals surface area contributed by atoms with Crippen LogP contribution < -0.4 is 4.90 Å². The van der Waals surface area contributed by atoms with E-state index in [0.29, 0.717) is 27.6 Å². The number of carbonyl (C=O) groups excluding carboxylic acids is 1. The molecule has 1 aliphatic heterocycles. The number of hydrogen-bond donors (Lipinski definition) is 1. The molecule has 0 radical (unpaired) electrons. The third kappa shape index (κ3) is 3.03. The molecule has 1 amide bonds. The molecular weight excluding hydrogens is 446 g/mol. The fraction of sp³-hybridized carbons (Fsp3) is 0.333. The van der Waals surface area contributed by atoms with E-state index in [-0.39, 0.29) is 17.4 Å². The minimum Gasteiger partial charge on any atom is -0.478 e. The number of carboxylic acids is 1. The second-order valence-corrected chi connectivity index (χ2v) is 6.68. The molecule has 4 nitrogen and oxygen atoms in total. The van der Waals surface area contributed by atoms with Crippen LogP contribution in [0.15, 0.2) is 21.1 Å². The average molecular weight is 456 g/mol. The van der Waals surface area contributed by atoms with Crippen molar-refractivity contribution >= 4 is 65.4 Å². The molecule has 0 aromatic heterocycles.